The third kappa shape index (κ3) is 4.12. The molecular formula is C19H27N5O4. The number of carboxylic acid groups (broad SMARTS) is 2. The third-order valence-electron chi connectivity index (χ3n) is 6.60. The number of rotatable bonds is 5. The predicted molar refractivity (Wildman–Crippen MR) is 100 cm³/mol. The number of carbonyl (C=O) groups is 2. The Morgan fingerprint density at radius 1 is 1.21 bits per heavy atom. The quantitative estimate of drug-likeness (QED) is 0.372. The molecule has 3 fully saturated rings. The van der Waals surface area contributed by atoms with Crippen molar-refractivity contribution in [1.82, 2.24) is 15.5 Å². The minimum atomic E-state index is -1.82. The molecule has 1 aromatic rings. The average molecular weight is 389 g/mol. The number of anilines is 1. The summed E-state index contributed by atoms with van der Waals surface area (Å²) in [5.74, 6) is 0.710. The highest BCUT2D eigenvalue weighted by atomic mass is 16.4. The number of nitrogens with zero attached hydrogens (tertiary/aromatic N) is 2. The second-order valence-corrected chi connectivity index (χ2v) is 8.00. The molecule has 1 heterocycles. The summed E-state index contributed by atoms with van der Waals surface area (Å²) in [4.78, 5) is 18.2. The molecule has 9 heteroatoms. The van der Waals surface area contributed by atoms with Crippen molar-refractivity contribution < 1.29 is 19.8 Å². The van der Waals surface area contributed by atoms with Crippen LogP contribution in [0, 0.1) is 35.0 Å². The number of H-pyrrole nitrogens is 1. The normalized spacial score (nSPS) is 29.6. The van der Waals surface area contributed by atoms with Gasteiger partial charge in [-0.05, 0) is 68.7 Å². The van der Waals surface area contributed by atoms with Crippen LogP contribution < -0.4 is 11.1 Å². The van der Waals surface area contributed by atoms with Gasteiger partial charge in [-0.25, -0.2) is 9.59 Å². The topological polar surface area (TPSA) is 165 Å². The SMILES string of the molecule is N#Cc1c(N)n[nH]c1CCCNC1CC2CC1C1CCCC21.O=C(O)C(=O)O. The zero-order valence-corrected chi connectivity index (χ0v) is 15.7. The van der Waals surface area contributed by atoms with Crippen LogP contribution in [0.15, 0.2) is 0 Å². The average Bonchev–Trinajstić information content (AvgIpc) is 3.41. The molecule has 3 saturated carbocycles. The summed E-state index contributed by atoms with van der Waals surface area (Å²) < 4.78 is 0. The van der Waals surface area contributed by atoms with E-state index < -0.39 is 11.9 Å². The Kier molecular flexibility index (Phi) is 6.19. The molecule has 2 bridgehead atoms. The molecule has 0 spiro atoms. The van der Waals surface area contributed by atoms with Crippen molar-refractivity contribution in [2.45, 2.75) is 51.0 Å². The number of aromatic nitrogens is 2. The lowest BCUT2D eigenvalue weighted by atomic mass is 9.79. The van der Waals surface area contributed by atoms with Gasteiger partial charge >= 0.3 is 11.9 Å². The van der Waals surface area contributed by atoms with Gasteiger partial charge in [-0.3, -0.25) is 5.10 Å². The van der Waals surface area contributed by atoms with E-state index in [9.17, 15) is 0 Å². The van der Waals surface area contributed by atoms with Gasteiger partial charge in [0.25, 0.3) is 0 Å². The highest BCUT2D eigenvalue weighted by Crippen LogP contribution is 2.58. The first-order valence-corrected chi connectivity index (χ1v) is 9.84. The number of nitriles is 1. The number of fused-ring (bicyclic) bond motifs is 5. The minimum Gasteiger partial charge on any atom is -0.473 e. The van der Waals surface area contributed by atoms with E-state index in [0.717, 1.165) is 54.8 Å². The smallest absolute Gasteiger partial charge is 0.414 e. The van der Waals surface area contributed by atoms with Gasteiger partial charge in [0.05, 0.1) is 5.69 Å². The zero-order valence-electron chi connectivity index (χ0n) is 15.7. The molecular weight excluding hydrogens is 362 g/mol. The molecule has 0 aliphatic heterocycles. The van der Waals surface area contributed by atoms with Crippen molar-refractivity contribution in [2.24, 2.45) is 23.7 Å². The van der Waals surface area contributed by atoms with Crippen molar-refractivity contribution in [3.8, 4) is 6.07 Å². The molecule has 0 aromatic carbocycles. The van der Waals surface area contributed by atoms with Crippen molar-refractivity contribution in [1.29, 1.82) is 5.26 Å². The summed E-state index contributed by atoms with van der Waals surface area (Å²) in [6.07, 6.45) is 9.17. The summed E-state index contributed by atoms with van der Waals surface area (Å²) in [6.45, 7) is 1.02. The van der Waals surface area contributed by atoms with Crippen LogP contribution >= 0.6 is 0 Å². The predicted octanol–water partition coefficient (Wildman–Crippen LogP) is 1.37. The fourth-order valence-electron chi connectivity index (χ4n) is 5.56. The Hall–Kier alpha value is -2.60. The fraction of sp³-hybridized carbons (Fsp3) is 0.684. The zero-order chi connectivity index (χ0) is 20.3. The van der Waals surface area contributed by atoms with Gasteiger partial charge in [0.1, 0.15) is 11.6 Å². The lowest BCUT2D eigenvalue weighted by molar-refractivity contribution is -0.159. The number of nitrogens with two attached hydrogens (primary N) is 1. The first kappa shape index (κ1) is 20.1. The molecule has 5 atom stereocenters. The van der Waals surface area contributed by atoms with Crippen molar-refractivity contribution in [3.05, 3.63) is 11.3 Å². The molecule has 0 radical (unpaired) electrons. The second kappa shape index (κ2) is 8.61. The third-order valence-corrected chi connectivity index (χ3v) is 6.60. The van der Waals surface area contributed by atoms with Crippen LogP contribution in [0.3, 0.4) is 0 Å². The van der Waals surface area contributed by atoms with E-state index in [1.807, 2.05) is 0 Å². The summed E-state index contributed by atoms with van der Waals surface area (Å²) in [7, 11) is 0. The maximum Gasteiger partial charge on any atom is 0.414 e. The van der Waals surface area contributed by atoms with Gasteiger partial charge in [0.2, 0.25) is 0 Å². The van der Waals surface area contributed by atoms with Crippen LogP contribution in [0.1, 0.15) is 49.8 Å². The Bertz CT molecular complexity index is 759. The van der Waals surface area contributed by atoms with E-state index >= 15 is 0 Å². The standard InChI is InChI=1S/C17H25N5.C2H2O4/c18-9-14-15(21-22-17(14)19)5-2-6-20-16-8-10-7-13(16)12-4-1-3-11(10)12;3-1(4)2(5)6/h10-13,16,20H,1-8H2,(H3,19,21,22);(H,3,4)(H,5,6). The van der Waals surface area contributed by atoms with Gasteiger partial charge in [-0.15, -0.1) is 0 Å². The number of nitrogen functional groups attached to an aromatic ring is 1. The van der Waals surface area contributed by atoms with Gasteiger partial charge in [-0.1, -0.05) is 6.42 Å². The summed E-state index contributed by atoms with van der Waals surface area (Å²) in [6, 6.07) is 2.88. The van der Waals surface area contributed by atoms with Crippen LogP contribution in [0.25, 0.3) is 0 Å². The molecule has 0 amide bonds. The lowest BCUT2D eigenvalue weighted by Gasteiger charge is -2.32. The first-order valence-electron chi connectivity index (χ1n) is 9.84. The molecule has 6 N–H and O–H groups in total. The van der Waals surface area contributed by atoms with Crippen LogP contribution in [-0.4, -0.2) is 44.9 Å². The number of carboxylic acids is 2. The molecule has 4 rings (SSSR count). The summed E-state index contributed by atoms with van der Waals surface area (Å²) in [5, 5.41) is 34.5. The molecule has 28 heavy (non-hydrogen) atoms. The largest absolute Gasteiger partial charge is 0.473 e. The molecule has 3 aliphatic rings. The van der Waals surface area contributed by atoms with Crippen LogP contribution in [0.5, 0.6) is 0 Å². The van der Waals surface area contributed by atoms with Crippen molar-refractivity contribution in [3.63, 3.8) is 0 Å². The Morgan fingerprint density at radius 3 is 2.61 bits per heavy atom. The van der Waals surface area contributed by atoms with Gasteiger partial charge in [0, 0.05) is 6.04 Å². The minimum absolute atomic E-state index is 0.325. The molecule has 1 aromatic heterocycles. The number of aliphatic carboxylic acids is 2. The Morgan fingerprint density at radius 2 is 1.93 bits per heavy atom. The maximum absolute atomic E-state index is 9.10. The van der Waals surface area contributed by atoms with Gasteiger partial charge in [0.15, 0.2) is 5.82 Å². The Balaban J connectivity index is 0.000000330. The van der Waals surface area contributed by atoms with E-state index in [1.165, 1.54) is 32.1 Å². The lowest BCUT2D eigenvalue weighted by Crippen LogP contribution is -2.39. The van der Waals surface area contributed by atoms with Crippen molar-refractivity contribution >= 4 is 17.8 Å². The summed E-state index contributed by atoms with van der Waals surface area (Å²) in [5.41, 5.74) is 7.07. The van der Waals surface area contributed by atoms with Crippen LogP contribution in [0.4, 0.5) is 5.82 Å². The monoisotopic (exact) mass is 389 g/mol. The fourth-order valence-corrected chi connectivity index (χ4v) is 5.56. The van der Waals surface area contributed by atoms with E-state index in [1.54, 1.807) is 0 Å². The number of aromatic amines is 1. The van der Waals surface area contributed by atoms with Gasteiger partial charge < -0.3 is 21.3 Å². The van der Waals surface area contributed by atoms with E-state index in [4.69, 9.17) is 30.8 Å². The number of nitrogens with one attached hydrogen (secondary N) is 2. The Labute approximate surface area is 163 Å². The summed E-state index contributed by atoms with van der Waals surface area (Å²) >= 11 is 0. The maximum atomic E-state index is 9.10. The second-order valence-electron chi connectivity index (χ2n) is 8.00. The van der Waals surface area contributed by atoms with Crippen LogP contribution in [0.2, 0.25) is 0 Å². The molecule has 3 aliphatic carbocycles. The number of aryl methyl sites for hydroxylation is 1. The number of hydrogen-bond donors (Lipinski definition) is 5. The molecule has 152 valence electrons. The highest BCUT2D eigenvalue weighted by molar-refractivity contribution is 6.27. The molecule has 0 saturated heterocycles. The number of hydrogen-bond acceptors (Lipinski definition) is 6. The molecule has 5 unspecified atom stereocenters. The van der Waals surface area contributed by atoms with Gasteiger partial charge in [-0.2, -0.15) is 10.4 Å². The van der Waals surface area contributed by atoms with E-state index in [2.05, 4.69) is 21.6 Å². The van der Waals surface area contributed by atoms with E-state index in [0.29, 0.717) is 11.4 Å². The van der Waals surface area contributed by atoms with Crippen LogP contribution in [-0.2, 0) is 16.0 Å². The first-order chi connectivity index (χ1) is 13.4. The van der Waals surface area contributed by atoms with Crippen molar-refractivity contribution in [2.75, 3.05) is 12.3 Å². The van der Waals surface area contributed by atoms with E-state index in [-0.39, 0.29) is 0 Å². The highest BCUT2D eigenvalue weighted by Gasteiger charge is 2.53. The molecule has 9 nitrogen and oxygen atoms in total.